The van der Waals surface area contributed by atoms with E-state index >= 15 is 0 Å². The molecule has 2 nitrogen and oxygen atoms in total. The Bertz CT molecular complexity index is 375. The molecule has 1 aliphatic heterocycles. The van der Waals surface area contributed by atoms with Gasteiger partial charge in [0.1, 0.15) is 5.82 Å². The maximum atomic E-state index is 13.0. The molecule has 1 aliphatic rings. The summed E-state index contributed by atoms with van der Waals surface area (Å²) >= 11 is 0. The van der Waals surface area contributed by atoms with Gasteiger partial charge in [0.2, 0.25) is 0 Å². The summed E-state index contributed by atoms with van der Waals surface area (Å²) in [7, 11) is 1.77. The van der Waals surface area contributed by atoms with Crippen molar-refractivity contribution in [1.29, 1.82) is 0 Å². The number of halogens is 1. The van der Waals surface area contributed by atoms with Gasteiger partial charge in [-0.05, 0) is 37.1 Å². The molecule has 0 saturated carbocycles. The van der Waals surface area contributed by atoms with Crippen molar-refractivity contribution in [2.45, 2.75) is 25.7 Å². The van der Waals surface area contributed by atoms with E-state index in [1.807, 2.05) is 12.1 Å². The number of benzene rings is 1. The second kappa shape index (κ2) is 5.81. The van der Waals surface area contributed by atoms with Gasteiger partial charge in [-0.2, -0.15) is 0 Å². The summed E-state index contributed by atoms with van der Waals surface area (Å²) in [6.07, 6.45) is 2.20. The highest BCUT2D eigenvalue weighted by Crippen LogP contribution is 2.43. The topological polar surface area (TPSA) is 21.3 Å². The van der Waals surface area contributed by atoms with E-state index in [2.05, 4.69) is 12.2 Å². The number of rotatable bonds is 4. The number of hydrogen-bond acceptors (Lipinski definition) is 2. The Morgan fingerprint density at radius 1 is 1.39 bits per heavy atom. The third-order valence-electron chi connectivity index (χ3n) is 4.30. The number of methoxy groups -OCH3 is 1. The summed E-state index contributed by atoms with van der Waals surface area (Å²) in [5.74, 6) is 0.230. The van der Waals surface area contributed by atoms with Crippen LogP contribution in [0.25, 0.3) is 0 Å². The van der Waals surface area contributed by atoms with Gasteiger partial charge < -0.3 is 10.1 Å². The first-order valence-electron chi connectivity index (χ1n) is 6.67. The van der Waals surface area contributed by atoms with Crippen LogP contribution >= 0.6 is 0 Å². The fraction of sp³-hybridized carbons (Fsp3) is 0.600. The van der Waals surface area contributed by atoms with Crippen LogP contribution in [0.3, 0.4) is 0 Å². The van der Waals surface area contributed by atoms with Crippen LogP contribution in [0.4, 0.5) is 4.39 Å². The minimum absolute atomic E-state index is 0.170. The molecule has 100 valence electrons. The number of nitrogens with one attached hydrogen (secondary N) is 1. The fourth-order valence-electron chi connectivity index (χ4n) is 3.13. The van der Waals surface area contributed by atoms with Crippen molar-refractivity contribution in [3.05, 3.63) is 35.6 Å². The molecule has 1 saturated heterocycles. The highest BCUT2D eigenvalue weighted by molar-refractivity contribution is 5.24. The number of ether oxygens (including phenoxy) is 1. The summed E-state index contributed by atoms with van der Waals surface area (Å²) < 4.78 is 18.5. The minimum atomic E-state index is -0.170. The maximum Gasteiger partial charge on any atom is 0.123 e. The lowest BCUT2D eigenvalue weighted by Crippen LogP contribution is -2.45. The van der Waals surface area contributed by atoms with Crippen molar-refractivity contribution < 1.29 is 9.13 Å². The monoisotopic (exact) mass is 251 g/mol. The predicted octanol–water partition coefficient (Wildman–Crippen LogP) is 2.95. The predicted molar refractivity (Wildman–Crippen MR) is 71.2 cm³/mol. The summed E-state index contributed by atoms with van der Waals surface area (Å²) in [6, 6.07) is 6.93. The third kappa shape index (κ3) is 2.57. The van der Waals surface area contributed by atoms with E-state index in [1.165, 1.54) is 5.56 Å². The molecule has 1 aromatic rings. The Labute approximate surface area is 109 Å². The number of hydrogen-bond donors (Lipinski definition) is 1. The lowest BCUT2D eigenvalue weighted by Gasteiger charge is -2.44. The van der Waals surface area contributed by atoms with Crippen LogP contribution in [0.5, 0.6) is 0 Å². The van der Waals surface area contributed by atoms with Crippen LogP contribution < -0.4 is 5.32 Å². The van der Waals surface area contributed by atoms with Gasteiger partial charge in [-0.25, -0.2) is 4.39 Å². The molecule has 2 rings (SSSR count). The van der Waals surface area contributed by atoms with Gasteiger partial charge in [-0.1, -0.05) is 19.1 Å². The van der Waals surface area contributed by atoms with Crippen LogP contribution in [-0.4, -0.2) is 26.8 Å². The molecule has 1 heterocycles. The van der Waals surface area contributed by atoms with E-state index < -0.39 is 0 Å². The molecule has 0 aromatic heterocycles. The van der Waals surface area contributed by atoms with Crippen molar-refractivity contribution in [3.63, 3.8) is 0 Å². The third-order valence-corrected chi connectivity index (χ3v) is 4.30. The van der Waals surface area contributed by atoms with Crippen molar-refractivity contribution in [2.24, 2.45) is 5.41 Å². The standard InChI is InChI=1S/C15H22FNO/c1-3-15(11-18-2)8-9-17-10-14(15)12-4-6-13(16)7-5-12/h4-7,14,17H,3,8-11H2,1-2H3. The summed E-state index contributed by atoms with van der Waals surface area (Å²) in [5, 5.41) is 3.45. The van der Waals surface area contributed by atoms with Crippen LogP contribution in [0, 0.1) is 11.2 Å². The molecule has 0 amide bonds. The lowest BCUT2D eigenvalue weighted by atomic mass is 9.67. The van der Waals surface area contributed by atoms with E-state index in [1.54, 1.807) is 19.2 Å². The zero-order valence-electron chi connectivity index (χ0n) is 11.2. The van der Waals surface area contributed by atoms with Gasteiger partial charge in [0, 0.05) is 25.0 Å². The van der Waals surface area contributed by atoms with Crippen LogP contribution in [0.2, 0.25) is 0 Å². The molecule has 1 aromatic carbocycles. The largest absolute Gasteiger partial charge is 0.384 e. The van der Waals surface area contributed by atoms with Crippen molar-refractivity contribution in [1.82, 2.24) is 5.32 Å². The average Bonchev–Trinajstić information content (AvgIpc) is 2.41. The molecule has 0 bridgehead atoms. The smallest absolute Gasteiger partial charge is 0.123 e. The fourth-order valence-corrected chi connectivity index (χ4v) is 3.13. The van der Waals surface area contributed by atoms with E-state index in [9.17, 15) is 4.39 Å². The molecule has 1 N–H and O–H groups in total. The molecule has 0 spiro atoms. The maximum absolute atomic E-state index is 13.0. The van der Waals surface area contributed by atoms with Crippen molar-refractivity contribution in [2.75, 3.05) is 26.8 Å². The first-order chi connectivity index (χ1) is 8.72. The Hall–Kier alpha value is -0.930. The van der Waals surface area contributed by atoms with Gasteiger partial charge in [0.15, 0.2) is 0 Å². The Morgan fingerprint density at radius 3 is 2.72 bits per heavy atom. The molecule has 0 aliphatic carbocycles. The van der Waals surface area contributed by atoms with E-state index in [-0.39, 0.29) is 11.2 Å². The van der Waals surface area contributed by atoms with E-state index in [0.717, 1.165) is 32.5 Å². The molecule has 2 atom stereocenters. The molecule has 1 fully saturated rings. The van der Waals surface area contributed by atoms with Crippen molar-refractivity contribution >= 4 is 0 Å². The van der Waals surface area contributed by atoms with Crippen LogP contribution in [0.1, 0.15) is 31.2 Å². The normalized spacial score (nSPS) is 28.3. The van der Waals surface area contributed by atoms with E-state index in [4.69, 9.17) is 4.74 Å². The van der Waals surface area contributed by atoms with Gasteiger partial charge in [0.05, 0.1) is 6.61 Å². The molecule has 0 radical (unpaired) electrons. The Balaban J connectivity index is 2.29. The summed E-state index contributed by atoms with van der Waals surface area (Å²) in [5.41, 5.74) is 1.39. The van der Waals surface area contributed by atoms with Gasteiger partial charge in [0.25, 0.3) is 0 Å². The second-order valence-corrected chi connectivity index (χ2v) is 5.21. The quantitative estimate of drug-likeness (QED) is 0.888. The molecular weight excluding hydrogens is 229 g/mol. The zero-order valence-corrected chi connectivity index (χ0v) is 11.2. The highest BCUT2D eigenvalue weighted by Gasteiger charge is 2.40. The van der Waals surface area contributed by atoms with E-state index in [0.29, 0.717) is 5.92 Å². The summed E-state index contributed by atoms with van der Waals surface area (Å²) in [6.45, 7) is 4.98. The number of piperidine rings is 1. The second-order valence-electron chi connectivity index (χ2n) is 5.21. The SMILES string of the molecule is CCC1(COC)CCNCC1c1ccc(F)cc1. The van der Waals surface area contributed by atoms with Crippen LogP contribution in [-0.2, 0) is 4.74 Å². The molecule has 18 heavy (non-hydrogen) atoms. The Kier molecular flexibility index (Phi) is 4.36. The lowest BCUT2D eigenvalue weighted by molar-refractivity contribution is 0.0332. The molecule has 3 heteroatoms. The molecule has 2 unspecified atom stereocenters. The highest BCUT2D eigenvalue weighted by atomic mass is 19.1. The average molecular weight is 251 g/mol. The van der Waals surface area contributed by atoms with Gasteiger partial charge in [-0.3, -0.25) is 0 Å². The first-order valence-corrected chi connectivity index (χ1v) is 6.67. The van der Waals surface area contributed by atoms with Gasteiger partial charge in [-0.15, -0.1) is 0 Å². The Morgan fingerprint density at radius 2 is 2.11 bits per heavy atom. The zero-order chi connectivity index (χ0) is 13.0. The molecular formula is C15H22FNO. The minimum Gasteiger partial charge on any atom is -0.384 e. The van der Waals surface area contributed by atoms with Gasteiger partial charge >= 0.3 is 0 Å². The first kappa shape index (κ1) is 13.5. The summed E-state index contributed by atoms with van der Waals surface area (Å²) in [4.78, 5) is 0. The van der Waals surface area contributed by atoms with Crippen LogP contribution in [0.15, 0.2) is 24.3 Å². The van der Waals surface area contributed by atoms with Crippen molar-refractivity contribution in [3.8, 4) is 0 Å².